The van der Waals surface area contributed by atoms with Gasteiger partial charge in [-0.25, -0.2) is 9.78 Å². The molecule has 0 unspecified atom stereocenters. The number of pyridine rings is 1. The molecule has 1 fully saturated rings. The number of nitrogen functional groups attached to an aromatic ring is 1. The standard InChI is InChI=1S/C24H25ClN8O8S4/c25-18-14(31-24(27)45-18)15(32-41)20(37)30-16-21(38)33-17(23(39)40)12(8-43-22(16)33)44-11-1-2-28-6-9(11)7-42-4-3-29-19(36)10(26)5-13(34)35/h1-2,6,10,16,22,41H,3-5,7-8,26H2,(H2,27,31)(H,29,36)(H,30,37)(H,34,35)(H,39,40)/b32-15-/t10-,16+,22-/m0/s1. The predicted octanol–water partition coefficient (Wildman–Crippen LogP) is 0.592. The van der Waals surface area contributed by atoms with Gasteiger partial charge in [-0.3, -0.25) is 29.1 Å². The molecule has 0 aromatic carbocycles. The maximum Gasteiger partial charge on any atom is 0.353 e. The van der Waals surface area contributed by atoms with Crippen molar-refractivity contribution in [2.75, 3.05) is 23.8 Å². The smallest absolute Gasteiger partial charge is 0.353 e. The van der Waals surface area contributed by atoms with Crippen LogP contribution in [-0.4, -0.2) is 101 Å². The van der Waals surface area contributed by atoms with Gasteiger partial charge in [-0.1, -0.05) is 39.9 Å². The number of aliphatic carboxylic acids is 2. The van der Waals surface area contributed by atoms with Gasteiger partial charge < -0.3 is 37.5 Å². The van der Waals surface area contributed by atoms with Gasteiger partial charge in [0.05, 0.1) is 12.5 Å². The van der Waals surface area contributed by atoms with E-state index >= 15 is 0 Å². The van der Waals surface area contributed by atoms with Gasteiger partial charge in [0, 0.05) is 46.0 Å². The van der Waals surface area contributed by atoms with E-state index in [4.69, 9.17) is 28.2 Å². The molecule has 0 spiro atoms. The van der Waals surface area contributed by atoms with Crippen molar-refractivity contribution in [1.82, 2.24) is 25.5 Å². The summed E-state index contributed by atoms with van der Waals surface area (Å²) in [4.78, 5) is 71.2. The number of aromatic nitrogens is 2. The number of carboxylic acid groups (broad SMARTS) is 2. The average Bonchev–Trinajstić information content (AvgIpc) is 3.32. The molecule has 21 heteroatoms. The number of anilines is 1. The molecule has 2 aliphatic rings. The van der Waals surface area contributed by atoms with E-state index in [1.807, 2.05) is 0 Å². The van der Waals surface area contributed by atoms with Crippen molar-refractivity contribution in [3.8, 4) is 0 Å². The summed E-state index contributed by atoms with van der Waals surface area (Å²) < 4.78 is 0.0141. The first-order valence-electron chi connectivity index (χ1n) is 12.7. The molecular formula is C24H25ClN8O8S4. The first kappa shape index (κ1) is 34.3. The fraction of sp³-hybridized carbons (Fsp3) is 0.333. The predicted molar refractivity (Wildman–Crippen MR) is 169 cm³/mol. The number of oxime groups is 1. The Balaban J connectivity index is 1.39. The van der Waals surface area contributed by atoms with Crippen LogP contribution in [0.25, 0.3) is 0 Å². The van der Waals surface area contributed by atoms with Crippen LogP contribution in [0, 0.1) is 0 Å². The topological polar surface area (TPSA) is 264 Å². The Hall–Kier alpha value is -3.56. The maximum absolute atomic E-state index is 13.1. The van der Waals surface area contributed by atoms with Gasteiger partial charge in [0.2, 0.25) is 5.91 Å². The number of carbonyl (C=O) groups excluding carboxylic acids is 3. The van der Waals surface area contributed by atoms with Crippen LogP contribution >= 0.6 is 58.2 Å². The van der Waals surface area contributed by atoms with Crippen molar-refractivity contribution < 1.29 is 39.4 Å². The number of hydrogen-bond donors (Lipinski definition) is 7. The van der Waals surface area contributed by atoms with Crippen LogP contribution in [0.2, 0.25) is 4.34 Å². The van der Waals surface area contributed by atoms with Crippen LogP contribution in [0.5, 0.6) is 0 Å². The summed E-state index contributed by atoms with van der Waals surface area (Å²) in [5, 5.41) is 35.6. The highest BCUT2D eigenvalue weighted by Crippen LogP contribution is 2.46. The van der Waals surface area contributed by atoms with E-state index in [0.29, 0.717) is 16.4 Å². The maximum atomic E-state index is 13.1. The van der Waals surface area contributed by atoms with Crippen molar-refractivity contribution >= 4 is 98.7 Å². The number of carbonyl (C=O) groups is 5. The minimum absolute atomic E-state index is 0.0141. The normalized spacial score (nSPS) is 18.6. The lowest BCUT2D eigenvalue weighted by molar-refractivity contribution is -0.150. The van der Waals surface area contributed by atoms with Crippen molar-refractivity contribution in [3.05, 3.63) is 44.7 Å². The lowest BCUT2D eigenvalue weighted by Gasteiger charge is -2.49. The zero-order chi connectivity index (χ0) is 32.8. The van der Waals surface area contributed by atoms with Gasteiger partial charge in [-0.05, 0) is 11.6 Å². The number of β-lactam (4-membered cyclic amide) rings is 1. The van der Waals surface area contributed by atoms with Crippen LogP contribution in [0.15, 0.2) is 39.1 Å². The number of hydrogen-bond acceptors (Lipinski definition) is 15. The Bertz CT molecular complexity index is 1590. The quantitative estimate of drug-likeness (QED) is 0.0464. The summed E-state index contributed by atoms with van der Waals surface area (Å²) in [6, 6.07) is -0.511. The average molecular weight is 717 g/mol. The molecule has 4 heterocycles. The Morgan fingerprint density at radius 1 is 1.29 bits per heavy atom. The molecule has 1 saturated heterocycles. The lowest BCUT2D eigenvalue weighted by atomic mass is 10.0. The van der Waals surface area contributed by atoms with E-state index in [9.17, 15) is 34.3 Å². The van der Waals surface area contributed by atoms with E-state index < -0.39 is 59.3 Å². The summed E-state index contributed by atoms with van der Waals surface area (Å²) in [7, 11) is 0. The number of nitrogens with two attached hydrogens (primary N) is 2. The number of carboxylic acids is 2. The molecule has 2 aromatic rings. The third-order valence-corrected chi connectivity index (χ3v) is 10.9. The number of thiazole rings is 1. The second-order valence-corrected chi connectivity index (χ2v) is 14.2. The Morgan fingerprint density at radius 3 is 2.69 bits per heavy atom. The first-order chi connectivity index (χ1) is 21.4. The van der Waals surface area contributed by atoms with Gasteiger partial charge in [0.25, 0.3) is 11.8 Å². The summed E-state index contributed by atoms with van der Waals surface area (Å²) >= 11 is 10.8. The number of nitrogens with one attached hydrogen (secondary N) is 2. The second-order valence-electron chi connectivity index (χ2n) is 9.19. The molecular weight excluding hydrogens is 692 g/mol. The van der Waals surface area contributed by atoms with Gasteiger partial charge in [-0.2, -0.15) is 11.8 Å². The first-order valence-corrected chi connectivity index (χ1v) is 16.9. The summed E-state index contributed by atoms with van der Waals surface area (Å²) in [6.45, 7) is 0.261. The number of amides is 3. The molecule has 0 bridgehead atoms. The fourth-order valence-corrected chi connectivity index (χ4v) is 8.56. The van der Waals surface area contributed by atoms with Crippen LogP contribution in [-0.2, 0) is 29.7 Å². The minimum Gasteiger partial charge on any atom is -0.481 e. The largest absolute Gasteiger partial charge is 0.481 e. The van der Waals surface area contributed by atoms with E-state index in [-0.39, 0.29) is 33.2 Å². The number of fused-ring (bicyclic) bond motifs is 1. The molecule has 16 nitrogen and oxygen atoms in total. The molecule has 3 atom stereocenters. The third kappa shape index (κ3) is 8.00. The van der Waals surface area contributed by atoms with E-state index in [2.05, 4.69) is 25.8 Å². The van der Waals surface area contributed by atoms with E-state index in [1.165, 1.54) is 35.3 Å². The molecule has 2 aromatic heterocycles. The summed E-state index contributed by atoms with van der Waals surface area (Å²) in [5.74, 6) is -3.46. The fourth-order valence-electron chi connectivity index (χ4n) is 4.14. The zero-order valence-corrected chi connectivity index (χ0v) is 26.9. The highest BCUT2D eigenvalue weighted by atomic mass is 35.5. The molecule has 45 heavy (non-hydrogen) atoms. The molecule has 4 rings (SSSR count). The van der Waals surface area contributed by atoms with E-state index in [0.717, 1.165) is 26.7 Å². The monoisotopic (exact) mass is 716 g/mol. The second kappa shape index (κ2) is 15.1. The van der Waals surface area contributed by atoms with Crippen molar-refractivity contribution in [1.29, 1.82) is 0 Å². The Morgan fingerprint density at radius 2 is 2.04 bits per heavy atom. The molecule has 0 saturated carbocycles. The Labute approximate surface area is 276 Å². The van der Waals surface area contributed by atoms with Gasteiger partial charge >= 0.3 is 11.9 Å². The summed E-state index contributed by atoms with van der Waals surface area (Å²) in [5.41, 5.74) is 11.0. The minimum atomic E-state index is -1.31. The number of rotatable bonds is 14. The third-order valence-electron chi connectivity index (χ3n) is 6.19. The van der Waals surface area contributed by atoms with Crippen LogP contribution in [0.3, 0.4) is 0 Å². The SMILES string of the molecule is Nc1nc(/C(=N/O)C(=O)N[C@@H]2C(=O)N3C(C(=O)O)=C(Sc4ccncc4CSCCNC(=O)[C@@H](N)CC(=O)O)CS[C@@H]23)c(Cl)s1. The molecule has 3 amide bonds. The number of thioether (sulfide) groups is 3. The highest BCUT2D eigenvalue weighted by Gasteiger charge is 2.54. The van der Waals surface area contributed by atoms with Crippen LogP contribution in [0.1, 0.15) is 17.7 Å². The molecule has 240 valence electrons. The molecule has 0 radical (unpaired) electrons. The van der Waals surface area contributed by atoms with E-state index in [1.54, 1.807) is 18.5 Å². The highest BCUT2D eigenvalue weighted by molar-refractivity contribution is 8.06. The Kier molecular flexibility index (Phi) is 11.6. The summed E-state index contributed by atoms with van der Waals surface area (Å²) in [6.07, 6.45) is 2.72. The molecule has 9 N–H and O–H groups in total. The van der Waals surface area contributed by atoms with Gasteiger partial charge in [0.1, 0.15) is 27.1 Å². The van der Waals surface area contributed by atoms with Crippen molar-refractivity contribution in [3.63, 3.8) is 0 Å². The van der Waals surface area contributed by atoms with Crippen molar-refractivity contribution in [2.45, 2.75) is 34.5 Å². The van der Waals surface area contributed by atoms with Crippen LogP contribution < -0.4 is 22.1 Å². The molecule has 0 aliphatic carbocycles. The zero-order valence-electron chi connectivity index (χ0n) is 22.8. The number of nitrogens with zero attached hydrogens (tertiary/aromatic N) is 4. The van der Waals surface area contributed by atoms with Gasteiger partial charge in [-0.15, -0.1) is 11.8 Å². The van der Waals surface area contributed by atoms with Gasteiger partial charge in [0.15, 0.2) is 10.8 Å². The molecule has 2 aliphatic heterocycles. The van der Waals surface area contributed by atoms with Crippen LogP contribution in [0.4, 0.5) is 5.13 Å². The number of halogens is 1. The lowest BCUT2D eigenvalue weighted by Crippen LogP contribution is -2.71. The van der Waals surface area contributed by atoms with Crippen molar-refractivity contribution in [2.24, 2.45) is 10.9 Å².